The lowest BCUT2D eigenvalue weighted by Gasteiger charge is -2.25. The second kappa shape index (κ2) is 5.93. The highest BCUT2D eigenvalue weighted by molar-refractivity contribution is 5.93. The van der Waals surface area contributed by atoms with E-state index in [1.54, 1.807) is 19.2 Å². The fourth-order valence-electron chi connectivity index (χ4n) is 1.89. The zero-order valence-corrected chi connectivity index (χ0v) is 10.4. The molecule has 1 atom stereocenters. The van der Waals surface area contributed by atoms with Crippen LogP contribution in [0.4, 0.5) is 10.1 Å². The molecule has 1 aliphatic rings. The molecular weight excluding hydrogens is 235 g/mol. The lowest BCUT2D eigenvalue weighted by molar-refractivity contribution is -0.121. The van der Waals surface area contributed by atoms with E-state index in [1.807, 2.05) is 0 Å². The topological polar surface area (TPSA) is 41.6 Å². The number of carbonyl (C=O) groups is 1. The Balaban J connectivity index is 1.93. The predicted octanol–water partition coefficient (Wildman–Crippen LogP) is 1.17. The average molecular weight is 252 g/mol. The molecule has 0 saturated carbocycles. The Kier molecular flexibility index (Phi) is 4.28. The highest BCUT2D eigenvalue weighted by Crippen LogP contribution is 2.15. The molecule has 1 saturated heterocycles. The first-order chi connectivity index (χ1) is 8.66. The minimum Gasteiger partial charge on any atom is -0.375 e. The number of nitrogens with one attached hydrogen (secondary N) is 1. The number of ether oxygens (including phenoxy) is 1. The van der Waals surface area contributed by atoms with Gasteiger partial charge in [0.05, 0.1) is 19.1 Å². The zero-order valence-electron chi connectivity index (χ0n) is 10.4. The molecule has 0 aromatic heterocycles. The highest BCUT2D eigenvalue weighted by Gasteiger charge is 2.20. The normalized spacial score (nSPS) is 19.6. The first-order valence-electron chi connectivity index (χ1n) is 6.01. The SMILES string of the molecule is CN(C(=O)CC1CNCCO1)c1ccc(F)cc1. The van der Waals surface area contributed by atoms with Crippen LogP contribution in [-0.4, -0.2) is 38.8 Å². The maximum absolute atomic E-state index is 12.8. The van der Waals surface area contributed by atoms with Gasteiger partial charge < -0.3 is 15.0 Å². The maximum atomic E-state index is 12.8. The third-order valence-electron chi connectivity index (χ3n) is 2.99. The second-order valence-corrected chi connectivity index (χ2v) is 4.33. The molecule has 1 aromatic rings. The van der Waals surface area contributed by atoms with Crippen LogP contribution < -0.4 is 10.2 Å². The Morgan fingerprint density at radius 2 is 2.22 bits per heavy atom. The summed E-state index contributed by atoms with van der Waals surface area (Å²) in [6.45, 7) is 2.17. The van der Waals surface area contributed by atoms with Gasteiger partial charge in [0.15, 0.2) is 0 Å². The van der Waals surface area contributed by atoms with E-state index in [0.29, 0.717) is 25.3 Å². The average Bonchev–Trinajstić information content (AvgIpc) is 2.40. The van der Waals surface area contributed by atoms with Gasteiger partial charge in [0.1, 0.15) is 5.82 Å². The number of halogens is 1. The number of hydrogen-bond acceptors (Lipinski definition) is 3. The quantitative estimate of drug-likeness (QED) is 0.878. The fraction of sp³-hybridized carbons (Fsp3) is 0.462. The Morgan fingerprint density at radius 3 is 2.83 bits per heavy atom. The van der Waals surface area contributed by atoms with Gasteiger partial charge in [0, 0.05) is 25.8 Å². The predicted molar refractivity (Wildman–Crippen MR) is 67.0 cm³/mol. The molecule has 5 heteroatoms. The molecule has 1 heterocycles. The molecule has 98 valence electrons. The van der Waals surface area contributed by atoms with Crippen molar-refractivity contribution >= 4 is 11.6 Å². The maximum Gasteiger partial charge on any atom is 0.229 e. The van der Waals surface area contributed by atoms with E-state index in [1.165, 1.54) is 17.0 Å². The lowest BCUT2D eigenvalue weighted by Crippen LogP contribution is -2.41. The van der Waals surface area contributed by atoms with Crippen LogP contribution in [0.5, 0.6) is 0 Å². The van der Waals surface area contributed by atoms with E-state index in [-0.39, 0.29) is 17.8 Å². The van der Waals surface area contributed by atoms with E-state index in [2.05, 4.69) is 5.32 Å². The molecule has 1 fully saturated rings. The van der Waals surface area contributed by atoms with Crippen molar-refractivity contribution in [2.24, 2.45) is 0 Å². The molecule has 18 heavy (non-hydrogen) atoms. The van der Waals surface area contributed by atoms with Gasteiger partial charge in [0.25, 0.3) is 0 Å². The summed E-state index contributed by atoms with van der Waals surface area (Å²) in [5.41, 5.74) is 0.685. The van der Waals surface area contributed by atoms with Gasteiger partial charge in [-0.05, 0) is 24.3 Å². The smallest absolute Gasteiger partial charge is 0.229 e. The van der Waals surface area contributed by atoms with Gasteiger partial charge in [-0.1, -0.05) is 0 Å². The molecule has 0 spiro atoms. The van der Waals surface area contributed by atoms with Crippen molar-refractivity contribution in [3.8, 4) is 0 Å². The van der Waals surface area contributed by atoms with Crippen molar-refractivity contribution < 1.29 is 13.9 Å². The van der Waals surface area contributed by atoms with Crippen LogP contribution in [0.25, 0.3) is 0 Å². The number of benzene rings is 1. The van der Waals surface area contributed by atoms with Crippen molar-refractivity contribution in [3.05, 3.63) is 30.1 Å². The largest absolute Gasteiger partial charge is 0.375 e. The van der Waals surface area contributed by atoms with E-state index in [9.17, 15) is 9.18 Å². The van der Waals surface area contributed by atoms with Crippen LogP contribution in [0.2, 0.25) is 0 Å². The van der Waals surface area contributed by atoms with Crippen LogP contribution >= 0.6 is 0 Å². The number of rotatable bonds is 3. The van der Waals surface area contributed by atoms with Crippen molar-refractivity contribution in [1.29, 1.82) is 0 Å². The summed E-state index contributed by atoms with van der Waals surface area (Å²) in [6, 6.07) is 5.87. The molecule has 0 bridgehead atoms. The Morgan fingerprint density at radius 1 is 1.50 bits per heavy atom. The van der Waals surface area contributed by atoms with Crippen molar-refractivity contribution in [3.63, 3.8) is 0 Å². The molecule has 2 rings (SSSR count). The number of anilines is 1. The fourth-order valence-corrected chi connectivity index (χ4v) is 1.89. The van der Waals surface area contributed by atoms with Gasteiger partial charge in [-0.15, -0.1) is 0 Å². The minimum atomic E-state index is -0.306. The van der Waals surface area contributed by atoms with E-state index < -0.39 is 0 Å². The molecule has 1 unspecified atom stereocenters. The van der Waals surface area contributed by atoms with Gasteiger partial charge >= 0.3 is 0 Å². The van der Waals surface area contributed by atoms with Crippen LogP contribution in [0.1, 0.15) is 6.42 Å². The van der Waals surface area contributed by atoms with Crippen molar-refractivity contribution in [1.82, 2.24) is 5.32 Å². The first kappa shape index (κ1) is 13.0. The number of nitrogens with zero attached hydrogens (tertiary/aromatic N) is 1. The van der Waals surface area contributed by atoms with E-state index >= 15 is 0 Å². The zero-order chi connectivity index (χ0) is 13.0. The molecule has 1 amide bonds. The van der Waals surface area contributed by atoms with Crippen molar-refractivity contribution in [2.45, 2.75) is 12.5 Å². The second-order valence-electron chi connectivity index (χ2n) is 4.33. The van der Waals surface area contributed by atoms with Crippen LogP contribution in [0.15, 0.2) is 24.3 Å². The van der Waals surface area contributed by atoms with Crippen molar-refractivity contribution in [2.75, 3.05) is 31.6 Å². The Labute approximate surface area is 106 Å². The summed E-state index contributed by atoms with van der Waals surface area (Å²) in [5.74, 6) is -0.338. The van der Waals surface area contributed by atoms with E-state index in [4.69, 9.17) is 4.74 Å². The third kappa shape index (κ3) is 3.27. The van der Waals surface area contributed by atoms with Gasteiger partial charge in [-0.25, -0.2) is 4.39 Å². The van der Waals surface area contributed by atoms with Crippen LogP contribution in [0.3, 0.4) is 0 Å². The Hall–Kier alpha value is -1.46. The first-order valence-corrected chi connectivity index (χ1v) is 6.01. The number of carbonyl (C=O) groups excluding carboxylic acids is 1. The Bertz CT molecular complexity index is 402. The number of hydrogen-bond donors (Lipinski definition) is 1. The van der Waals surface area contributed by atoms with Gasteiger partial charge in [0.2, 0.25) is 5.91 Å². The number of morpholine rings is 1. The molecule has 0 aliphatic carbocycles. The minimum absolute atomic E-state index is 0.0321. The summed E-state index contributed by atoms with van der Waals surface area (Å²) in [6.07, 6.45) is 0.259. The molecule has 4 nitrogen and oxygen atoms in total. The summed E-state index contributed by atoms with van der Waals surface area (Å²) in [4.78, 5) is 13.5. The van der Waals surface area contributed by atoms with E-state index in [0.717, 1.165) is 6.54 Å². The highest BCUT2D eigenvalue weighted by atomic mass is 19.1. The summed E-state index contributed by atoms with van der Waals surface area (Å²) < 4.78 is 18.3. The van der Waals surface area contributed by atoms with Crippen LogP contribution in [-0.2, 0) is 9.53 Å². The summed E-state index contributed by atoms with van der Waals surface area (Å²) >= 11 is 0. The summed E-state index contributed by atoms with van der Waals surface area (Å²) in [5, 5.41) is 3.18. The van der Waals surface area contributed by atoms with Gasteiger partial charge in [-0.2, -0.15) is 0 Å². The lowest BCUT2D eigenvalue weighted by atomic mass is 10.2. The number of amides is 1. The molecular formula is C13H17FN2O2. The standard InChI is InChI=1S/C13H17FN2O2/c1-16(11-4-2-10(14)3-5-11)13(17)8-12-9-15-6-7-18-12/h2-5,12,15H,6-9H2,1H3. The summed E-state index contributed by atoms with van der Waals surface area (Å²) in [7, 11) is 1.69. The third-order valence-corrected chi connectivity index (χ3v) is 2.99. The van der Waals surface area contributed by atoms with Gasteiger partial charge in [-0.3, -0.25) is 4.79 Å². The molecule has 1 aromatic carbocycles. The molecule has 0 radical (unpaired) electrons. The monoisotopic (exact) mass is 252 g/mol. The van der Waals surface area contributed by atoms with Crippen LogP contribution in [0, 0.1) is 5.82 Å². The molecule has 1 N–H and O–H groups in total. The molecule has 1 aliphatic heterocycles.